The number of rotatable bonds is 4. The molecule has 0 unspecified atom stereocenters. The third-order valence-corrected chi connectivity index (χ3v) is 4.43. The van der Waals surface area contributed by atoms with Gasteiger partial charge in [-0.15, -0.1) is 17.5 Å². The van der Waals surface area contributed by atoms with Crippen molar-refractivity contribution in [2.45, 2.75) is 37.1 Å². The summed E-state index contributed by atoms with van der Waals surface area (Å²) in [5.74, 6) is 1.03. The van der Waals surface area contributed by atoms with Gasteiger partial charge in [0.2, 0.25) is 5.91 Å². The molecular formula is C14H16Cl2N6O. The van der Waals surface area contributed by atoms with E-state index in [-0.39, 0.29) is 18.3 Å². The van der Waals surface area contributed by atoms with E-state index in [1.165, 1.54) is 0 Å². The molecule has 1 amide bonds. The van der Waals surface area contributed by atoms with Gasteiger partial charge in [-0.3, -0.25) is 4.79 Å². The summed E-state index contributed by atoms with van der Waals surface area (Å²) in [5, 5.41) is 15.2. The number of carbonyl (C=O) groups is 1. The maximum absolute atomic E-state index is 12.0. The average molecular weight is 355 g/mol. The molecule has 0 spiro atoms. The standard InChI is InChI=1S/C14H15ClN6O.ClH/c15-10-4-3-9(17-13(22)14(16)5-6-14)7-11(10)21-12(8-1-2-8)18-19-20-21;/h3-4,7-8H,1-2,5-6,16H2,(H,17,22);1H. The lowest BCUT2D eigenvalue weighted by atomic mass is 10.2. The Kier molecular flexibility index (Phi) is 4.03. The van der Waals surface area contributed by atoms with Crippen LogP contribution in [0.1, 0.15) is 37.4 Å². The summed E-state index contributed by atoms with van der Waals surface area (Å²) in [6, 6.07) is 5.24. The van der Waals surface area contributed by atoms with E-state index in [1.54, 1.807) is 22.9 Å². The monoisotopic (exact) mass is 354 g/mol. The van der Waals surface area contributed by atoms with Crippen LogP contribution in [-0.4, -0.2) is 31.7 Å². The maximum atomic E-state index is 12.0. The Morgan fingerprint density at radius 1 is 1.39 bits per heavy atom. The first kappa shape index (κ1) is 16.2. The second-order valence-electron chi connectivity index (χ2n) is 6.00. The van der Waals surface area contributed by atoms with Gasteiger partial charge >= 0.3 is 0 Å². The third-order valence-electron chi connectivity index (χ3n) is 4.11. The van der Waals surface area contributed by atoms with Crippen LogP contribution >= 0.6 is 24.0 Å². The number of amides is 1. The minimum absolute atomic E-state index is 0. The predicted octanol–water partition coefficient (Wildman–Crippen LogP) is 2.04. The van der Waals surface area contributed by atoms with Crippen LogP contribution in [0.5, 0.6) is 0 Å². The molecular weight excluding hydrogens is 339 g/mol. The highest BCUT2D eigenvalue weighted by atomic mass is 35.5. The van der Waals surface area contributed by atoms with Crippen LogP contribution in [-0.2, 0) is 4.79 Å². The molecule has 7 nitrogen and oxygen atoms in total. The van der Waals surface area contributed by atoms with Crippen molar-refractivity contribution >= 4 is 35.6 Å². The Morgan fingerprint density at radius 3 is 2.78 bits per heavy atom. The number of tetrazole rings is 1. The molecule has 3 N–H and O–H groups in total. The molecule has 1 aromatic carbocycles. The number of hydrogen-bond acceptors (Lipinski definition) is 5. The molecule has 2 aromatic rings. The highest BCUT2D eigenvalue weighted by Crippen LogP contribution is 2.40. The third kappa shape index (κ3) is 3.04. The Labute approximate surface area is 144 Å². The number of nitrogens with zero attached hydrogens (tertiary/aromatic N) is 4. The number of nitrogens with one attached hydrogen (secondary N) is 1. The Balaban J connectivity index is 0.00000156. The van der Waals surface area contributed by atoms with E-state index in [2.05, 4.69) is 20.8 Å². The largest absolute Gasteiger partial charge is 0.324 e. The van der Waals surface area contributed by atoms with Gasteiger partial charge in [-0.05, 0) is 54.3 Å². The van der Waals surface area contributed by atoms with Crippen molar-refractivity contribution < 1.29 is 4.79 Å². The lowest BCUT2D eigenvalue weighted by molar-refractivity contribution is -0.118. The zero-order chi connectivity index (χ0) is 15.3. The van der Waals surface area contributed by atoms with Gasteiger partial charge in [0.15, 0.2) is 5.82 Å². The first-order valence-corrected chi connectivity index (χ1v) is 7.63. The second kappa shape index (κ2) is 5.74. The van der Waals surface area contributed by atoms with E-state index in [9.17, 15) is 4.79 Å². The molecule has 9 heteroatoms. The Hall–Kier alpha value is -1.70. The summed E-state index contributed by atoms with van der Waals surface area (Å²) in [6.45, 7) is 0. The minimum atomic E-state index is -0.715. The molecule has 4 rings (SSSR count). The van der Waals surface area contributed by atoms with Crippen molar-refractivity contribution in [3.05, 3.63) is 29.0 Å². The summed E-state index contributed by atoms with van der Waals surface area (Å²) in [4.78, 5) is 12.0. The van der Waals surface area contributed by atoms with Crippen LogP contribution < -0.4 is 11.1 Å². The van der Waals surface area contributed by atoms with Crippen molar-refractivity contribution in [3.8, 4) is 5.69 Å². The van der Waals surface area contributed by atoms with Crippen LogP contribution in [0, 0.1) is 0 Å². The molecule has 0 aliphatic heterocycles. The predicted molar refractivity (Wildman–Crippen MR) is 88.2 cm³/mol. The van der Waals surface area contributed by atoms with Gasteiger partial charge in [-0.2, -0.15) is 4.68 Å². The number of hydrogen-bond donors (Lipinski definition) is 2. The summed E-state index contributed by atoms with van der Waals surface area (Å²) in [6.07, 6.45) is 3.62. The summed E-state index contributed by atoms with van der Waals surface area (Å²) in [5.41, 5.74) is 6.48. The highest BCUT2D eigenvalue weighted by Gasteiger charge is 2.46. The Morgan fingerprint density at radius 2 is 2.13 bits per heavy atom. The first-order valence-electron chi connectivity index (χ1n) is 7.25. The molecule has 1 heterocycles. The molecule has 1 aromatic heterocycles. The van der Waals surface area contributed by atoms with E-state index >= 15 is 0 Å². The van der Waals surface area contributed by atoms with E-state index < -0.39 is 5.54 Å². The fourth-order valence-corrected chi connectivity index (χ4v) is 2.53. The summed E-state index contributed by atoms with van der Waals surface area (Å²) < 4.78 is 1.64. The smallest absolute Gasteiger partial charge is 0.244 e. The SMILES string of the molecule is Cl.NC1(C(=O)Nc2ccc(Cl)c(-n3nnnc3C3CC3)c2)CC1. The average Bonchev–Trinajstić information content (AvgIpc) is 3.42. The quantitative estimate of drug-likeness (QED) is 0.875. The van der Waals surface area contributed by atoms with E-state index in [0.717, 1.165) is 31.5 Å². The van der Waals surface area contributed by atoms with Crippen molar-refractivity contribution in [1.82, 2.24) is 20.2 Å². The molecule has 23 heavy (non-hydrogen) atoms. The van der Waals surface area contributed by atoms with Crippen LogP contribution in [0.2, 0.25) is 5.02 Å². The number of carbonyl (C=O) groups excluding carboxylic acids is 1. The molecule has 0 saturated heterocycles. The number of benzene rings is 1. The van der Waals surface area contributed by atoms with Gasteiger partial charge < -0.3 is 11.1 Å². The topological polar surface area (TPSA) is 98.7 Å². The van der Waals surface area contributed by atoms with E-state index in [0.29, 0.717) is 22.3 Å². The molecule has 2 fully saturated rings. The molecule has 2 saturated carbocycles. The van der Waals surface area contributed by atoms with Crippen LogP contribution in [0.3, 0.4) is 0 Å². The van der Waals surface area contributed by atoms with Crippen molar-refractivity contribution in [3.63, 3.8) is 0 Å². The van der Waals surface area contributed by atoms with Crippen molar-refractivity contribution in [1.29, 1.82) is 0 Å². The van der Waals surface area contributed by atoms with Gasteiger partial charge in [0.1, 0.15) is 0 Å². The fraction of sp³-hybridized carbons (Fsp3) is 0.429. The fourth-order valence-electron chi connectivity index (χ4n) is 2.33. The van der Waals surface area contributed by atoms with Gasteiger partial charge in [-0.1, -0.05) is 11.6 Å². The number of halogens is 2. The molecule has 2 aliphatic carbocycles. The molecule has 2 aliphatic rings. The van der Waals surface area contributed by atoms with Gasteiger partial charge in [0.05, 0.1) is 16.2 Å². The summed E-state index contributed by atoms with van der Waals surface area (Å²) >= 11 is 6.27. The highest BCUT2D eigenvalue weighted by molar-refractivity contribution is 6.32. The van der Waals surface area contributed by atoms with E-state index in [1.807, 2.05) is 0 Å². The van der Waals surface area contributed by atoms with Gasteiger partial charge in [0, 0.05) is 11.6 Å². The molecule has 0 bridgehead atoms. The number of nitrogens with two attached hydrogens (primary N) is 1. The first-order chi connectivity index (χ1) is 10.6. The van der Waals surface area contributed by atoms with Crippen molar-refractivity contribution in [2.75, 3.05) is 5.32 Å². The Bertz CT molecular complexity index is 753. The lowest BCUT2D eigenvalue weighted by Gasteiger charge is -2.12. The zero-order valence-electron chi connectivity index (χ0n) is 12.2. The number of aromatic nitrogens is 4. The summed E-state index contributed by atoms with van der Waals surface area (Å²) in [7, 11) is 0. The second-order valence-corrected chi connectivity index (χ2v) is 6.41. The van der Waals surface area contributed by atoms with Gasteiger partial charge in [-0.25, -0.2) is 0 Å². The normalized spacial score (nSPS) is 18.2. The molecule has 0 radical (unpaired) electrons. The van der Waals surface area contributed by atoms with Crippen LogP contribution in [0.15, 0.2) is 18.2 Å². The van der Waals surface area contributed by atoms with E-state index in [4.69, 9.17) is 17.3 Å². The molecule has 0 atom stereocenters. The minimum Gasteiger partial charge on any atom is -0.324 e. The van der Waals surface area contributed by atoms with Crippen LogP contribution in [0.4, 0.5) is 5.69 Å². The number of anilines is 1. The maximum Gasteiger partial charge on any atom is 0.244 e. The van der Waals surface area contributed by atoms with Crippen molar-refractivity contribution in [2.24, 2.45) is 5.73 Å². The zero-order valence-corrected chi connectivity index (χ0v) is 13.8. The van der Waals surface area contributed by atoms with Gasteiger partial charge in [0.25, 0.3) is 0 Å². The molecule has 122 valence electrons. The van der Waals surface area contributed by atoms with Crippen LogP contribution in [0.25, 0.3) is 5.69 Å². The lowest BCUT2D eigenvalue weighted by Crippen LogP contribution is -2.37.